The lowest BCUT2D eigenvalue weighted by molar-refractivity contribution is -0.192. The Morgan fingerprint density at radius 3 is 1.51 bits per heavy atom. The molecule has 0 aliphatic carbocycles. The standard InChI is InChI=1S/C24H24N2O4S.C20H16N2O4S.C2HF3O2.C2H6/c1-24(2,3)30-21(27)9-6-12-25-16-11-10-15-13-17(23(28)29-19(15)14-16)22-26-18-7-4-5-8-20(18)31-22;23-18(24)6-3-9-21-13-8-7-12-10-14(20(25)26-16(12)11-13)19-22-15-4-1-2-5-17(15)27-19;3-2(4,5)1(6)7;1-2/h4-5,7-8,10-11,13-14,25H,6,9,12H2,1-3H3;1-2,4-5,7-8,10-11,21H,3,6,9H2,(H,23,24);(H,6,7);1-2H3/i;;;1D. The molecule has 4 heterocycles. The summed E-state index contributed by atoms with van der Waals surface area (Å²) in [5.74, 6) is -3.78. The summed E-state index contributed by atoms with van der Waals surface area (Å²) in [6.45, 7) is 9.00. The Hall–Kier alpha value is -7.12. The molecule has 352 valence electrons. The second-order valence-corrected chi connectivity index (χ2v) is 17.3. The Kier molecular flexibility index (Phi) is 16.8. The molecule has 14 nitrogen and oxygen atoms in total. The second-order valence-electron chi connectivity index (χ2n) is 15.2. The van der Waals surface area contributed by atoms with E-state index in [-0.39, 0.29) is 12.4 Å². The van der Waals surface area contributed by atoms with Crippen molar-refractivity contribution in [3.05, 3.63) is 118 Å². The number of aromatic nitrogens is 2. The number of fused-ring (bicyclic) bond motifs is 4. The number of carboxylic acid groups (broad SMARTS) is 2. The molecule has 4 aromatic carbocycles. The van der Waals surface area contributed by atoms with Crippen LogP contribution in [0.1, 0.15) is 61.6 Å². The molecule has 19 heteroatoms. The number of ether oxygens (including phenoxy) is 1. The molecule has 0 spiro atoms. The number of thiazole rings is 2. The third-order valence-corrected chi connectivity index (χ3v) is 11.1. The zero-order chi connectivity index (χ0) is 49.6. The molecule has 0 saturated heterocycles. The minimum absolute atomic E-state index is 0.112. The average Bonchev–Trinajstić information content (AvgIpc) is 3.91. The predicted octanol–water partition coefficient (Wildman–Crippen LogP) is 11.6. The van der Waals surface area contributed by atoms with Crippen LogP contribution in [0.3, 0.4) is 0 Å². The summed E-state index contributed by atoms with van der Waals surface area (Å²) in [5, 5.41) is 25.1. The van der Waals surface area contributed by atoms with Gasteiger partial charge in [0.15, 0.2) is 0 Å². The molecule has 67 heavy (non-hydrogen) atoms. The summed E-state index contributed by atoms with van der Waals surface area (Å²) in [6, 6.07) is 30.3. The predicted molar refractivity (Wildman–Crippen MR) is 256 cm³/mol. The number of anilines is 2. The number of rotatable bonds is 12. The Morgan fingerprint density at radius 1 is 0.701 bits per heavy atom. The number of carbonyl (C=O) groups excluding carboxylic acids is 1. The maximum atomic E-state index is 12.6. The molecule has 0 radical (unpaired) electrons. The monoisotopic (exact) mass is 961 g/mol. The van der Waals surface area contributed by atoms with Gasteiger partial charge in [-0.3, -0.25) is 9.59 Å². The Balaban J connectivity index is 0.000000214. The first-order valence-electron chi connectivity index (χ1n) is 21.3. The minimum Gasteiger partial charge on any atom is -0.481 e. The number of benzene rings is 4. The summed E-state index contributed by atoms with van der Waals surface area (Å²) < 4.78 is 56.4. The largest absolute Gasteiger partial charge is 0.490 e. The molecule has 0 atom stereocenters. The van der Waals surface area contributed by atoms with Crippen molar-refractivity contribution < 1.29 is 52.7 Å². The van der Waals surface area contributed by atoms with E-state index in [1.54, 1.807) is 25.1 Å². The van der Waals surface area contributed by atoms with Crippen LogP contribution in [0.5, 0.6) is 0 Å². The first kappa shape index (κ1) is 49.3. The lowest BCUT2D eigenvalue weighted by atomic mass is 10.1. The Labute approximate surface area is 390 Å². The fraction of sp³-hybridized carbons (Fsp3) is 0.271. The van der Waals surface area contributed by atoms with Crippen LogP contribution in [-0.4, -0.2) is 63.0 Å². The molecule has 0 bridgehead atoms. The van der Waals surface area contributed by atoms with E-state index in [2.05, 4.69) is 20.6 Å². The third-order valence-electron chi connectivity index (χ3n) is 8.97. The van der Waals surface area contributed by atoms with E-state index in [1.165, 1.54) is 22.7 Å². The van der Waals surface area contributed by atoms with Crippen molar-refractivity contribution in [2.45, 2.75) is 72.1 Å². The van der Waals surface area contributed by atoms with Crippen LogP contribution < -0.4 is 21.9 Å². The first-order chi connectivity index (χ1) is 32.2. The van der Waals surface area contributed by atoms with Gasteiger partial charge in [0.25, 0.3) is 0 Å². The van der Waals surface area contributed by atoms with Crippen LogP contribution in [0.2, 0.25) is 0 Å². The molecule has 0 aliphatic rings. The quantitative estimate of drug-likeness (QED) is 0.0510. The van der Waals surface area contributed by atoms with E-state index in [9.17, 15) is 32.3 Å². The SMILES string of the molecule is CC(C)(C)OC(=O)CCCNc1ccc2cc(-c3nc4ccccc4s3)c(=O)oc2c1.O=C(O)C(F)(F)F.O=C(O)CCCNc1ccc2cc(-c3nc4ccccc4s3)c(=O)oc2c1.[2H]CC. The van der Waals surface area contributed by atoms with E-state index in [0.717, 1.165) is 42.6 Å². The maximum absolute atomic E-state index is 12.6. The normalized spacial score (nSPS) is 11.4. The highest BCUT2D eigenvalue weighted by molar-refractivity contribution is 7.22. The zero-order valence-corrected chi connectivity index (χ0v) is 38.3. The number of alkyl halides is 3. The van der Waals surface area contributed by atoms with Gasteiger partial charge in [0.05, 0.1) is 31.6 Å². The summed E-state index contributed by atoms with van der Waals surface area (Å²) in [7, 11) is 0. The van der Waals surface area contributed by atoms with Crippen LogP contribution in [-0.2, 0) is 19.1 Å². The van der Waals surface area contributed by atoms with Gasteiger partial charge in [-0.05, 0) is 94.3 Å². The van der Waals surface area contributed by atoms with Gasteiger partial charge in [-0.15, -0.1) is 22.7 Å². The van der Waals surface area contributed by atoms with E-state index >= 15 is 0 Å². The van der Waals surface area contributed by atoms with Gasteiger partial charge < -0.3 is 34.4 Å². The van der Waals surface area contributed by atoms with Gasteiger partial charge >= 0.3 is 35.3 Å². The fourth-order valence-corrected chi connectivity index (χ4v) is 7.98. The van der Waals surface area contributed by atoms with Crippen molar-refractivity contribution in [3.8, 4) is 21.1 Å². The second kappa shape index (κ2) is 22.9. The van der Waals surface area contributed by atoms with Crippen LogP contribution in [0, 0.1) is 0 Å². The zero-order valence-electron chi connectivity index (χ0n) is 37.7. The highest BCUT2D eigenvalue weighted by Gasteiger charge is 2.38. The fourth-order valence-electron chi connectivity index (χ4n) is 6.05. The van der Waals surface area contributed by atoms with Crippen molar-refractivity contribution >= 4 is 94.3 Å². The van der Waals surface area contributed by atoms with E-state index in [1.807, 2.05) is 99.6 Å². The average molecular weight is 962 g/mol. The van der Waals surface area contributed by atoms with E-state index < -0.39 is 35.0 Å². The molecule has 0 amide bonds. The van der Waals surface area contributed by atoms with Crippen molar-refractivity contribution in [2.24, 2.45) is 0 Å². The topological polar surface area (TPSA) is 211 Å². The number of aliphatic carboxylic acids is 2. The van der Waals surface area contributed by atoms with E-state index in [4.69, 9.17) is 29.9 Å². The van der Waals surface area contributed by atoms with Crippen LogP contribution >= 0.6 is 22.7 Å². The van der Waals surface area contributed by atoms with Gasteiger partial charge in [-0.25, -0.2) is 24.4 Å². The highest BCUT2D eigenvalue weighted by Crippen LogP contribution is 2.32. The van der Waals surface area contributed by atoms with Crippen LogP contribution in [0.15, 0.2) is 115 Å². The molecule has 4 aromatic heterocycles. The summed E-state index contributed by atoms with van der Waals surface area (Å²) in [6.07, 6.45) is -3.46. The lowest BCUT2D eigenvalue weighted by Crippen LogP contribution is -2.24. The number of halogens is 3. The highest BCUT2D eigenvalue weighted by atomic mass is 32.1. The molecule has 0 saturated carbocycles. The molecular formula is C48H47F3N4O10S2. The molecule has 0 fully saturated rings. The van der Waals surface area contributed by atoms with Crippen molar-refractivity contribution in [2.75, 3.05) is 23.7 Å². The summed E-state index contributed by atoms with van der Waals surface area (Å²) in [5.41, 5.74) is 3.93. The smallest absolute Gasteiger partial charge is 0.481 e. The Bertz CT molecular complexity index is 3080. The number of hydrogen-bond donors (Lipinski definition) is 4. The molecule has 4 N–H and O–H groups in total. The first-order valence-corrected chi connectivity index (χ1v) is 22.3. The molecule has 0 unspecified atom stereocenters. The van der Waals surface area contributed by atoms with Gasteiger partial charge in [0.2, 0.25) is 0 Å². The number of nitrogens with zero attached hydrogens (tertiary/aromatic N) is 2. The van der Waals surface area contributed by atoms with Gasteiger partial charge in [-0.2, -0.15) is 13.2 Å². The number of esters is 1. The van der Waals surface area contributed by atoms with Crippen molar-refractivity contribution in [1.82, 2.24) is 9.97 Å². The maximum Gasteiger partial charge on any atom is 0.490 e. The van der Waals surface area contributed by atoms with Crippen LogP contribution in [0.25, 0.3) is 63.5 Å². The van der Waals surface area contributed by atoms with Gasteiger partial charge in [0, 0.05) is 61.6 Å². The molecule has 0 aliphatic heterocycles. The molecule has 8 rings (SSSR count). The summed E-state index contributed by atoms with van der Waals surface area (Å²) in [4.78, 5) is 65.4. The Morgan fingerprint density at radius 2 is 1.12 bits per heavy atom. The number of carbonyl (C=O) groups is 3. The lowest BCUT2D eigenvalue weighted by Gasteiger charge is -2.19. The van der Waals surface area contributed by atoms with Gasteiger partial charge in [-0.1, -0.05) is 38.1 Å². The van der Waals surface area contributed by atoms with Crippen LogP contribution in [0.4, 0.5) is 24.5 Å². The number of hydrogen-bond acceptors (Lipinski definition) is 14. The van der Waals surface area contributed by atoms with Crippen molar-refractivity contribution in [1.29, 1.82) is 0 Å². The number of nitrogens with one attached hydrogen (secondary N) is 2. The summed E-state index contributed by atoms with van der Waals surface area (Å²) >= 11 is 2.93. The van der Waals surface area contributed by atoms with E-state index in [0.29, 0.717) is 71.6 Å². The molecular weight excluding hydrogens is 914 g/mol. The number of para-hydroxylation sites is 2. The van der Waals surface area contributed by atoms with Gasteiger partial charge in [0.1, 0.15) is 26.8 Å². The minimum atomic E-state index is -5.08. The third kappa shape index (κ3) is 14.7. The number of carboxylic acids is 2. The molecule has 8 aromatic rings. The van der Waals surface area contributed by atoms with Crippen molar-refractivity contribution in [3.63, 3.8) is 0 Å².